The lowest BCUT2D eigenvalue weighted by atomic mass is 10.00. The second-order valence-electron chi connectivity index (χ2n) is 33.7. The van der Waals surface area contributed by atoms with Crippen LogP contribution in [-0.2, 0) is 83.0 Å². The van der Waals surface area contributed by atoms with Crippen LogP contribution >= 0.6 is 0 Å². The zero-order valence-electron chi connectivity index (χ0n) is 80.1. The first kappa shape index (κ1) is 113. The van der Waals surface area contributed by atoms with Crippen LogP contribution in [0.1, 0.15) is 196 Å². The SMILES string of the molecule is CCCN(CC(O)C(Cc1ccccc1)NC(=O)c1cc(C(=O)N(CCC)CCC)cc(S(N)(=O)=O)c1)NC(=O)Cc1ccccc1.CCCN(CCC)C(=O)c1cc(C(=O)NC(Cc2ccccc2)C(O)CN(C)NC(=O)Cc2ccccc2)cc(S(N)(=O)=O)c1.CCCN(CCC)C(=O)c1cc(C(=O)NC(Cc2ccccc2)C(O)CN(CC)NC(=O)Cc2ccccc2)cc(S(N)(=O)=O)c1. The molecule has 6 atom stereocenters. The van der Waals surface area contributed by atoms with E-state index >= 15 is 0 Å². The Morgan fingerprint density at radius 3 is 0.768 bits per heavy atom. The molecule has 0 aliphatic rings. The van der Waals surface area contributed by atoms with E-state index in [1.165, 1.54) is 41.4 Å². The predicted molar refractivity (Wildman–Crippen MR) is 532 cm³/mol. The minimum atomic E-state index is -4.26. The number of carbonyl (C=O) groups excluding carboxylic acids is 9. The van der Waals surface area contributed by atoms with Gasteiger partial charge in [0.15, 0.2) is 0 Å². The maximum Gasteiger partial charge on any atom is 0.253 e. The fourth-order valence-corrected chi connectivity index (χ4v) is 17.0. The Balaban J connectivity index is 0.000000282. The Morgan fingerprint density at radius 1 is 0.297 bits per heavy atom. The lowest BCUT2D eigenvalue weighted by Gasteiger charge is -2.30. The van der Waals surface area contributed by atoms with E-state index in [0.717, 1.165) is 51.6 Å². The summed E-state index contributed by atoms with van der Waals surface area (Å²) in [6.07, 6.45) is 2.67. The Morgan fingerprint density at radius 2 is 0.522 bits per heavy atom. The average molecular weight is 1960 g/mol. The molecule has 0 spiro atoms. The van der Waals surface area contributed by atoms with Crippen LogP contribution in [0.25, 0.3) is 0 Å². The first-order chi connectivity index (χ1) is 65.8. The molecule has 0 aromatic heterocycles. The van der Waals surface area contributed by atoms with Crippen LogP contribution in [0.3, 0.4) is 0 Å². The van der Waals surface area contributed by atoms with Crippen molar-refractivity contribution in [2.75, 3.05) is 79.0 Å². The highest BCUT2D eigenvalue weighted by Crippen LogP contribution is 2.24. The third-order valence-corrected chi connectivity index (χ3v) is 24.6. The Kier molecular flexibility index (Phi) is 46.7. The van der Waals surface area contributed by atoms with Crippen molar-refractivity contribution in [3.8, 4) is 0 Å². The lowest BCUT2D eigenvalue weighted by Crippen LogP contribution is -2.53. The zero-order chi connectivity index (χ0) is 101. The maximum absolute atomic E-state index is 13.8. The van der Waals surface area contributed by atoms with Crippen molar-refractivity contribution in [3.63, 3.8) is 0 Å². The van der Waals surface area contributed by atoms with E-state index in [1.807, 2.05) is 237 Å². The van der Waals surface area contributed by atoms with Crippen molar-refractivity contribution in [1.29, 1.82) is 0 Å². The largest absolute Gasteiger partial charge is 0.390 e. The molecule has 15 N–H and O–H groups in total. The number of aliphatic hydroxyl groups is 3. The molecule has 33 nitrogen and oxygen atoms in total. The van der Waals surface area contributed by atoms with Crippen LogP contribution < -0.4 is 47.6 Å². The molecule has 9 amide bonds. The number of benzene rings is 9. The van der Waals surface area contributed by atoms with Gasteiger partial charge in [-0.1, -0.05) is 237 Å². The van der Waals surface area contributed by atoms with E-state index < -0.39 is 102 Å². The monoisotopic (exact) mass is 1950 g/mol. The van der Waals surface area contributed by atoms with Gasteiger partial charge >= 0.3 is 0 Å². The van der Waals surface area contributed by atoms with Gasteiger partial charge in [0.2, 0.25) is 47.8 Å². The van der Waals surface area contributed by atoms with Gasteiger partial charge in [-0.3, -0.25) is 59.4 Å². The smallest absolute Gasteiger partial charge is 0.253 e. The Labute approximate surface area is 811 Å². The first-order valence-corrected chi connectivity index (χ1v) is 51.2. The summed E-state index contributed by atoms with van der Waals surface area (Å²) in [5.74, 6) is -4.04. The second-order valence-corrected chi connectivity index (χ2v) is 38.4. The number of hydrazine groups is 3. The molecule has 0 heterocycles. The van der Waals surface area contributed by atoms with Gasteiger partial charge in [0.25, 0.3) is 35.4 Å². The third-order valence-electron chi connectivity index (χ3n) is 21.9. The number of nitrogens with one attached hydrogen (secondary N) is 6. The summed E-state index contributed by atoms with van der Waals surface area (Å²) in [7, 11) is -11.2. The number of aliphatic hydroxyl groups excluding tert-OH is 3. The molecule has 138 heavy (non-hydrogen) atoms. The van der Waals surface area contributed by atoms with E-state index in [2.05, 4.69) is 32.2 Å². The number of nitrogens with two attached hydrogens (primary N) is 3. The second kappa shape index (κ2) is 57.2. The average Bonchev–Trinajstić information content (AvgIpc) is 0.807. The van der Waals surface area contributed by atoms with E-state index in [1.54, 1.807) is 31.8 Å². The highest BCUT2D eigenvalue weighted by atomic mass is 32.2. The van der Waals surface area contributed by atoms with Crippen molar-refractivity contribution in [2.24, 2.45) is 15.4 Å². The highest BCUT2D eigenvalue weighted by Gasteiger charge is 2.33. The Bertz CT molecular complexity index is 5760. The predicted octanol–water partition coefficient (Wildman–Crippen LogP) is 8.68. The maximum atomic E-state index is 13.8. The number of amides is 9. The number of rotatable bonds is 51. The first-order valence-electron chi connectivity index (χ1n) is 46.5. The minimum Gasteiger partial charge on any atom is -0.390 e. The zero-order valence-corrected chi connectivity index (χ0v) is 82.5. The van der Waals surface area contributed by atoms with Crippen LogP contribution in [0.4, 0.5) is 0 Å². The third kappa shape index (κ3) is 38.2. The minimum absolute atomic E-state index is 0.00123. The number of hydrogen-bond acceptors (Lipinski definition) is 21. The molecule has 9 aromatic rings. The number of nitrogens with zero attached hydrogens (tertiary/aromatic N) is 6. The van der Waals surface area contributed by atoms with Crippen LogP contribution in [-0.4, -0.2) is 239 Å². The topological polar surface area (TPSA) is 486 Å². The molecule has 36 heteroatoms. The number of primary sulfonamides is 3. The molecule has 0 bridgehead atoms. The van der Waals surface area contributed by atoms with Gasteiger partial charge < -0.3 is 46.0 Å². The van der Waals surface area contributed by atoms with E-state index in [9.17, 15) is 83.7 Å². The van der Waals surface area contributed by atoms with Crippen LogP contribution in [0.2, 0.25) is 0 Å². The molecule has 9 rings (SSSR count). The molecule has 0 saturated heterocycles. The van der Waals surface area contributed by atoms with Gasteiger partial charge in [-0.25, -0.2) is 55.7 Å². The van der Waals surface area contributed by atoms with Gasteiger partial charge in [-0.15, -0.1) is 0 Å². The van der Waals surface area contributed by atoms with E-state index in [-0.39, 0.29) is 124 Å². The molecule has 744 valence electrons. The van der Waals surface area contributed by atoms with Crippen LogP contribution in [0.15, 0.2) is 251 Å². The normalized spacial score (nSPS) is 12.7. The highest BCUT2D eigenvalue weighted by molar-refractivity contribution is 7.89. The lowest BCUT2D eigenvalue weighted by molar-refractivity contribution is -0.126. The molecule has 0 aliphatic heterocycles. The molecule has 0 fully saturated rings. The summed E-state index contributed by atoms with van der Waals surface area (Å²) in [5, 5.41) is 63.7. The van der Waals surface area contributed by atoms with Crippen LogP contribution in [0, 0.1) is 0 Å². The van der Waals surface area contributed by atoms with Gasteiger partial charge in [0.1, 0.15) is 0 Å². The fraction of sp³-hybridized carbons (Fsp3) is 0.382. The van der Waals surface area contributed by atoms with Crippen molar-refractivity contribution < 1.29 is 83.7 Å². The standard InChI is InChI=1S/C35H47N5O6S.C34H45N5O6S.C33H43N5O6S/c1-4-17-39(18-5-2)35(44)29-22-28(23-30(24-29)47(36,45)46)34(43)37-31(20-26-13-9-7-10-14-26)32(41)25-40(19-6-3)38-33(42)21-27-15-11-8-12-16-27;1-4-17-38(18-5-2)34(43)28-21-27(22-29(23-28)46(35,44)45)33(42)36-30(19-25-13-9-7-10-14-25)31(40)24-39(6-3)37-32(41)20-26-15-11-8-12-16-26;1-4-16-38(17-5-2)33(42)27-20-26(21-28(22-27)45(34,43)44)32(41)35-29(18-24-12-8-6-9-13-24)30(39)23-37(3)36-31(40)19-25-14-10-7-11-15-25/h7-16,22-24,31-32,41H,4-6,17-21,25H2,1-3H3,(H,37,43)(H,38,42)(H2,36,45,46);7-16,21-23,30-31,40H,4-6,17-20,24H2,1-3H3,(H,36,42)(H,37,41)(H2,35,44,45);6-15,20-22,29-30,39H,4-5,16-19,23H2,1-3H3,(H,35,41)(H,36,40)(H2,34,43,44). The summed E-state index contributed by atoms with van der Waals surface area (Å²) >= 11 is 0. The fourth-order valence-electron chi connectivity index (χ4n) is 15.3. The van der Waals surface area contributed by atoms with Gasteiger partial charge in [-0.05, 0) is 152 Å². The summed E-state index contributed by atoms with van der Waals surface area (Å²) in [6, 6.07) is 64.0. The van der Waals surface area contributed by atoms with Crippen molar-refractivity contribution in [1.82, 2.24) is 62.0 Å². The molecule has 9 aromatic carbocycles. The molecule has 0 saturated carbocycles. The molecular weight excluding hydrogens is 1820 g/mol. The van der Waals surface area contributed by atoms with Crippen LogP contribution in [0.5, 0.6) is 0 Å². The van der Waals surface area contributed by atoms with Crippen molar-refractivity contribution in [2.45, 2.75) is 190 Å². The molecule has 0 radical (unpaired) electrons. The molecule has 0 aliphatic carbocycles. The summed E-state index contributed by atoms with van der Waals surface area (Å²) in [5.41, 5.74) is 13.3. The summed E-state index contributed by atoms with van der Waals surface area (Å²) in [6.45, 7) is 19.0. The molecule has 6 unspecified atom stereocenters. The number of hydrogen-bond donors (Lipinski definition) is 12. The van der Waals surface area contributed by atoms with Gasteiger partial charge in [-0.2, -0.15) is 0 Å². The van der Waals surface area contributed by atoms with E-state index in [4.69, 9.17) is 15.4 Å². The summed E-state index contributed by atoms with van der Waals surface area (Å²) in [4.78, 5) is 123. The number of likely N-dealkylation sites (N-methyl/N-ethyl adjacent to an activating group) is 2. The Hall–Kier alpha value is -12.3. The van der Waals surface area contributed by atoms with Crippen molar-refractivity contribution >= 4 is 83.2 Å². The van der Waals surface area contributed by atoms with Gasteiger partial charge in [0.05, 0.1) is 70.4 Å². The molecular formula is C102H135N15O18S3. The summed E-state index contributed by atoms with van der Waals surface area (Å²) < 4.78 is 74.2. The number of carbonyl (C=O) groups is 9. The quantitative estimate of drug-likeness (QED) is 0.0159. The van der Waals surface area contributed by atoms with E-state index in [0.29, 0.717) is 97.3 Å². The number of sulfonamides is 3. The van der Waals surface area contributed by atoms with Crippen molar-refractivity contribution in [3.05, 3.63) is 303 Å². The van der Waals surface area contributed by atoms with Gasteiger partial charge in [0, 0.05) is 112 Å².